The van der Waals surface area contributed by atoms with E-state index in [1.165, 1.54) is 20.0 Å². The number of halogens is 1. The third-order valence-corrected chi connectivity index (χ3v) is 3.61. The highest BCUT2D eigenvalue weighted by Crippen LogP contribution is 2.45. The minimum atomic E-state index is -0.437. The number of benzene rings is 1. The van der Waals surface area contributed by atoms with Crippen LogP contribution in [0.15, 0.2) is 12.1 Å². The normalized spacial score (nSPS) is 16.2. The lowest BCUT2D eigenvalue weighted by Crippen LogP contribution is -2.15. The summed E-state index contributed by atoms with van der Waals surface area (Å²) in [6.07, 6.45) is 2.39. The third-order valence-electron chi connectivity index (χ3n) is 3.31. The van der Waals surface area contributed by atoms with Crippen LogP contribution in [-0.2, 0) is 4.74 Å². The van der Waals surface area contributed by atoms with Gasteiger partial charge in [0.05, 0.1) is 23.4 Å². The number of nitrogen functional groups attached to an aromatic ring is 1. The molecule has 2 rings (SSSR count). The molecule has 18 heavy (non-hydrogen) atoms. The number of nitrogens with one attached hydrogen (secondary N) is 1. The van der Waals surface area contributed by atoms with Gasteiger partial charge < -0.3 is 15.8 Å². The van der Waals surface area contributed by atoms with Crippen LogP contribution in [-0.4, -0.2) is 19.6 Å². The van der Waals surface area contributed by atoms with Gasteiger partial charge >= 0.3 is 5.97 Å². The summed E-state index contributed by atoms with van der Waals surface area (Å²) in [5.41, 5.74) is 7.44. The predicted molar refractivity (Wildman–Crippen MR) is 73.0 cm³/mol. The highest BCUT2D eigenvalue weighted by atomic mass is 35.5. The molecule has 1 aliphatic carbocycles. The molecule has 0 spiro atoms. The standard InChI is InChI=1S/C13H17ClN2O2/c1-13(3-4-13)7-16-11-9(12(17)18-2)5-8(15)6-10(11)14/h5-6,16H,3-4,7,15H2,1-2H3. The molecule has 5 heteroatoms. The summed E-state index contributed by atoms with van der Waals surface area (Å²) in [6, 6.07) is 3.21. The van der Waals surface area contributed by atoms with E-state index in [4.69, 9.17) is 22.1 Å². The molecule has 3 N–H and O–H groups in total. The topological polar surface area (TPSA) is 64.3 Å². The molecule has 0 atom stereocenters. The van der Waals surface area contributed by atoms with Crippen LogP contribution in [0.25, 0.3) is 0 Å². The molecule has 0 aliphatic heterocycles. The van der Waals surface area contributed by atoms with E-state index >= 15 is 0 Å². The number of anilines is 2. The highest BCUT2D eigenvalue weighted by Gasteiger charge is 2.37. The van der Waals surface area contributed by atoms with E-state index in [2.05, 4.69) is 12.2 Å². The average Bonchev–Trinajstić information content (AvgIpc) is 3.04. The van der Waals surface area contributed by atoms with Gasteiger partial charge in [0.2, 0.25) is 0 Å². The second kappa shape index (κ2) is 4.69. The van der Waals surface area contributed by atoms with Crippen molar-refractivity contribution < 1.29 is 9.53 Å². The van der Waals surface area contributed by atoms with Crippen LogP contribution < -0.4 is 11.1 Å². The molecular weight excluding hydrogens is 252 g/mol. The summed E-state index contributed by atoms with van der Waals surface area (Å²) < 4.78 is 4.74. The fourth-order valence-corrected chi connectivity index (χ4v) is 2.06. The van der Waals surface area contributed by atoms with Crippen molar-refractivity contribution in [2.75, 3.05) is 24.7 Å². The first-order chi connectivity index (χ1) is 8.45. The van der Waals surface area contributed by atoms with Gasteiger partial charge in [-0.15, -0.1) is 0 Å². The Kier molecular flexibility index (Phi) is 3.39. The largest absolute Gasteiger partial charge is 0.465 e. The monoisotopic (exact) mass is 268 g/mol. The molecule has 0 bridgehead atoms. The number of hydrogen-bond donors (Lipinski definition) is 2. The average molecular weight is 269 g/mol. The Hall–Kier alpha value is -1.42. The van der Waals surface area contributed by atoms with Crippen molar-refractivity contribution in [3.05, 3.63) is 22.7 Å². The van der Waals surface area contributed by atoms with Crippen LogP contribution in [0.4, 0.5) is 11.4 Å². The minimum Gasteiger partial charge on any atom is -0.465 e. The van der Waals surface area contributed by atoms with Crippen molar-refractivity contribution in [3.8, 4) is 0 Å². The molecule has 4 nitrogen and oxygen atoms in total. The molecule has 1 saturated carbocycles. The molecule has 0 heterocycles. The Bertz CT molecular complexity index is 484. The lowest BCUT2D eigenvalue weighted by molar-refractivity contribution is 0.0602. The number of carbonyl (C=O) groups excluding carboxylic acids is 1. The number of nitrogens with two attached hydrogens (primary N) is 1. The van der Waals surface area contributed by atoms with E-state index in [9.17, 15) is 4.79 Å². The van der Waals surface area contributed by atoms with Gasteiger partial charge in [-0.3, -0.25) is 0 Å². The molecule has 0 aromatic heterocycles. The lowest BCUT2D eigenvalue weighted by Gasteiger charge is -2.16. The fraction of sp³-hybridized carbons (Fsp3) is 0.462. The Labute approximate surface area is 111 Å². The molecule has 1 fully saturated rings. The lowest BCUT2D eigenvalue weighted by atomic mass is 10.1. The molecule has 0 radical (unpaired) electrons. The first-order valence-corrected chi connectivity index (χ1v) is 6.24. The molecule has 1 aromatic rings. The van der Waals surface area contributed by atoms with Gasteiger partial charge in [0.15, 0.2) is 0 Å². The van der Waals surface area contributed by atoms with Gasteiger partial charge in [-0.1, -0.05) is 18.5 Å². The van der Waals surface area contributed by atoms with Gasteiger partial charge in [0.1, 0.15) is 0 Å². The number of methoxy groups -OCH3 is 1. The van der Waals surface area contributed by atoms with Gasteiger partial charge in [0.25, 0.3) is 0 Å². The molecular formula is C13H17ClN2O2. The van der Waals surface area contributed by atoms with E-state index < -0.39 is 5.97 Å². The fourth-order valence-electron chi connectivity index (χ4n) is 1.77. The zero-order valence-corrected chi connectivity index (χ0v) is 11.3. The minimum absolute atomic E-state index is 0.318. The van der Waals surface area contributed by atoms with Gasteiger partial charge in [0, 0.05) is 12.2 Å². The Balaban J connectivity index is 2.28. The zero-order chi connectivity index (χ0) is 13.3. The summed E-state index contributed by atoms with van der Waals surface area (Å²) in [5.74, 6) is -0.437. The maximum absolute atomic E-state index is 11.7. The van der Waals surface area contributed by atoms with Crippen molar-refractivity contribution in [1.29, 1.82) is 0 Å². The number of hydrogen-bond acceptors (Lipinski definition) is 4. The maximum Gasteiger partial charge on any atom is 0.340 e. The zero-order valence-electron chi connectivity index (χ0n) is 10.5. The van der Waals surface area contributed by atoms with E-state index in [1.807, 2.05) is 0 Å². The van der Waals surface area contributed by atoms with Crippen molar-refractivity contribution in [1.82, 2.24) is 0 Å². The first-order valence-electron chi connectivity index (χ1n) is 5.86. The number of rotatable bonds is 4. The van der Waals surface area contributed by atoms with Crippen LogP contribution in [0.3, 0.4) is 0 Å². The van der Waals surface area contributed by atoms with Crippen molar-refractivity contribution in [2.45, 2.75) is 19.8 Å². The molecule has 0 unspecified atom stereocenters. The summed E-state index contributed by atoms with van der Waals surface area (Å²) in [7, 11) is 1.34. The summed E-state index contributed by atoms with van der Waals surface area (Å²) in [6.45, 7) is 2.99. The second-order valence-corrected chi connectivity index (χ2v) is 5.49. The van der Waals surface area contributed by atoms with Gasteiger partial charge in [-0.25, -0.2) is 4.79 Å². The van der Waals surface area contributed by atoms with E-state index in [0.29, 0.717) is 27.4 Å². The molecule has 0 saturated heterocycles. The number of carbonyl (C=O) groups is 1. The second-order valence-electron chi connectivity index (χ2n) is 5.08. The number of ether oxygens (including phenoxy) is 1. The van der Waals surface area contributed by atoms with Crippen LogP contribution in [0.1, 0.15) is 30.1 Å². The van der Waals surface area contributed by atoms with E-state index in [1.54, 1.807) is 12.1 Å². The quantitative estimate of drug-likeness (QED) is 0.651. The molecule has 98 valence electrons. The van der Waals surface area contributed by atoms with Crippen LogP contribution in [0, 0.1) is 5.41 Å². The van der Waals surface area contributed by atoms with E-state index in [0.717, 1.165) is 6.54 Å². The van der Waals surface area contributed by atoms with Crippen LogP contribution in [0.5, 0.6) is 0 Å². The van der Waals surface area contributed by atoms with Crippen LogP contribution in [0.2, 0.25) is 5.02 Å². The summed E-state index contributed by atoms with van der Waals surface area (Å²) in [4.78, 5) is 11.7. The Morgan fingerprint density at radius 1 is 1.56 bits per heavy atom. The molecule has 1 aromatic carbocycles. The Morgan fingerprint density at radius 3 is 2.78 bits per heavy atom. The van der Waals surface area contributed by atoms with Crippen molar-refractivity contribution in [3.63, 3.8) is 0 Å². The highest BCUT2D eigenvalue weighted by molar-refractivity contribution is 6.34. The predicted octanol–water partition coefficient (Wildman–Crippen LogP) is 2.92. The van der Waals surface area contributed by atoms with E-state index in [-0.39, 0.29) is 0 Å². The summed E-state index contributed by atoms with van der Waals surface area (Å²) >= 11 is 6.13. The number of esters is 1. The third kappa shape index (κ3) is 2.70. The maximum atomic E-state index is 11.7. The first kappa shape index (κ1) is 13.0. The van der Waals surface area contributed by atoms with Gasteiger partial charge in [-0.2, -0.15) is 0 Å². The SMILES string of the molecule is COC(=O)c1cc(N)cc(Cl)c1NCC1(C)CC1. The smallest absolute Gasteiger partial charge is 0.340 e. The Morgan fingerprint density at radius 2 is 2.22 bits per heavy atom. The molecule has 0 amide bonds. The van der Waals surface area contributed by atoms with Gasteiger partial charge in [-0.05, 0) is 30.4 Å². The molecule has 1 aliphatic rings. The van der Waals surface area contributed by atoms with Crippen molar-refractivity contribution in [2.24, 2.45) is 5.41 Å². The summed E-state index contributed by atoms with van der Waals surface area (Å²) in [5, 5.41) is 3.68. The van der Waals surface area contributed by atoms with Crippen molar-refractivity contribution >= 4 is 28.9 Å². The van der Waals surface area contributed by atoms with Crippen LogP contribution >= 0.6 is 11.6 Å².